The van der Waals surface area contributed by atoms with Crippen LogP contribution in [0.25, 0.3) is 0 Å². The van der Waals surface area contributed by atoms with Gasteiger partial charge < -0.3 is 10.1 Å². The second kappa shape index (κ2) is 8.57. The molecule has 0 aliphatic heterocycles. The molecule has 2 aromatic carbocycles. The lowest BCUT2D eigenvalue weighted by Gasteiger charge is -2.07. The van der Waals surface area contributed by atoms with Gasteiger partial charge in [-0.2, -0.15) is 0 Å². The van der Waals surface area contributed by atoms with E-state index in [2.05, 4.69) is 10.3 Å². The van der Waals surface area contributed by atoms with Gasteiger partial charge in [-0.1, -0.05) is 6.07 Å². The lowest BCUT2D eigenvalue weighted by molar-refractivity contribution is -0.385. The van der Waals surface area contributed by atoms with Crippen molar-refractivity contribution in [3.05, 3.63) is 80.0 Å². The Labute approximate surface area is 164 Å². The van der Waals surface area contributed by atoms with Crippen molar-refractivity contribution in [2.45, 2.75) is 20.0 Å². The fourth-order valence-electron chi connectivity index (χ4n) is 2.49. The minimum Gasteiger partial charge on any atom is -0.486 e. The monoisotopic (exact) mass is 401 g/mol. The molecule has 1 heterocycles. The molecule has 3 rings (SSSR count). The van der Waals surface area contributed by atoms with Gasteiger partial charge in [-0.3, -0.25) is 14.9 Å². The van der Waals surface area contributed by atoms with Crippen LogP contribution < -0.4 is 10.1 Å². The number of hydrogen-bond acceptors (Lipinski definition) is 6. The van der Waals surface area contributed by atoms with Crippen LogP contribution in [0.4, 0.5) is 15.8 Å². The number of rotatable bonds is 7. The Bertz CT molecular complexity index is 1000. The molecule has 0 spiro atoms. The van der Waals surface area contributed by atoms with Crippen LogP contribution in [0.5, 0.6) is 5.75 Å². The molecule has 0 fully saturated rings. The van der Waals surface area contributed by atoms with E-state index in [9.17, 15) is 19.3 Å². The summed E-state index contributed by atoms with van der Waals surface area (Å²) in [6.07, 6.45) is 0.0369. The minimum atomic E-state index is -0.487. The maximum Gasteiger partial charge on any atom is 0.274 e. The quantitative estimate of drug-likeness (QED) is 0.472. The summed E-state index contributed by atoms with van der Waals surface area (Å²) < 4.78 is 18.4. The van der Waals surface area contributed by atoms with Crippen LogP contribution in [-0.4, -0.2) is 15.8 Å². The Morgan fingerprint density at radius 2 is 2.04 bits per heavy atom. The lowest BCUT2D eigenvalue weighted by atomic mass is 10.1. The van der Waals surface area contributed by atoms with Gasteiger partial charge in [-0.25, -0.2) is 9.37 Å². The highest BCUT2D eigenvalue weighted by atomic mass is 32.1. The van der Waals surface area contributed by atoms with Gasteiger partial charge in [0.1, 0.15) is 23.2 Å². The van der Waals surface area contributed by atoms with E-state index in [0.717, 1.165) is 0 Å². The van der Waals surface area contributed by atoms with Crippen molar-refractivity contribution >= 4 is 28.6 Å². The average Bonchev–Trinajstić information content (AvgIpc) is 3.10. The van der Waals surface area contributed by atoms with Crippen molar-refractivity contribution in [3.63, 3.8) is 0 Å². The molecule has 1 aromatic heterocycles. The van der Waals surface area contributed by atoms with E-state index in [1.165, 1.54) is 47.7 Å². The Balaban J connectivity index is 1.57. The maximum absolute atomic E-state index is 12.9. The number of ether oxygens (including phenoxy) is 1. The first-order valence-electron chi connectivity index (χ1n) is 8.28. The number of carbonyl (C=O) groups excluding carboxylic acids is 1. The van der Waals surface area contributed by atoms with Crippen molar-refractivity contribution in [3.8, 4) is 5.75 Å². The summed E-state index contributed by atoms with van der Waals surface area (Å²) in [6.45, 7) is 1.80. The second-order valence-electron chi connectivity index (χ2n) is 5.91. The van der Waals surface area contributed by atoms with Crippen LogP contribution in [0, 0.1) is 22.9 Å². The molecule has 0 aliphatic carbocycles. The summed E-state index contributed by atoms with van der Waals surface area (Å²) in [5, 5.41) is 16.1. The number of thiazole rings is 1. The van der Waals surface area contributed by atoms with E-state index in [-0.39, 0.29) is 30.4 Å². The number of hydrogen-bond donors (Lipinski definition) is 1. The van der Waals surface area contributed by atoms with Crippen molar-refractivity contribution < 1.29 is 18.8 Å². The highest BCUT2D eigenvalue weighted by molar-refractivity contribution is 7.09. The average molecular weight is 401 g/mol. The molecule has 7 nitrogen and oxygen atoms in total. The normalized spacial score (nSPS) is 10.5. The van der Waals surface area contributed by atoms with Crippen molar-refractivity contribution in [1.82, 2.24) is 4.98 Å². The Morgan fingerprint density at radius 3 is 2.75 bits per heavy atom. The molecule has 0 unspecified atom stereocenters. The molecule has 1 amide bonds. The summed E-state index contributed by atoms with van der Waals surface area (Å²) in [7, 11) is 0. The van der Waals surface area contributed by atoms with Crippen molar-refractivity contribution in [2.24, 2.45) is 0 Å². The van der Waals surface area contributed by atoms with E-state index in [0.29, 0.717) is 27.7 Å². The Morgan fingerprint density at radius 1 is 1.29 bits per heavy atom. The van der Waals surface area contributed by atoms with E-state index in [4.69, 9.17) is 4.74 Å². The summed E-state index contributed by atoms with van der Waals surface area (Å²) in [5.41, 5.74) is 1.32. The number of aromatic nitrogens is 1. The van der Waals surface area contributed by atoms with Crippen LogP contribution >= 0.6 is 11.3 Å². The highest BCUT2D eigenvalue weighted by Crippen LogP contribution is 2.25. The zero-order valence-corrected chi connectivity index (χ0v) is 15.7. The highest BCUT2D eigenvalue weighted by Gasteiger charge is 2.15. The van der Waals surface area contributed by atoms with Crippen LogP contribution in [0.15, 0.2) is 47.8 Å². The van der Waals surface area contributed by atoms with Gasteiger partial charge in [0.25, 0.3) is 5.69 Å². The first-order valence-corrected chi connectivity index (χ1v) is 9.16. The number of nitro groups is 1. The Hall–Kier alpha value is -3.33. The number of halogens is 1. The number of anilines is 1. The molecule has 0 saturated heterocycles. The van der Waals surface area contributed by atoms with Gasteiger partial charge in [0.05, 0.1) is 28.3 Å². The third-order valence-electron chi connectivity index (χ3n) is 3.89. The lowest BCUT2D eigenvalue weighted by Crippen LogP contribution is -2.15. The molecule has 1 N–H and O–H groups in total. The summed E-state index contributed by atoms with van der Waals surface area (Å²) in [6, 6.07) is 10.2. The molecule has 0 bridgehead atoms. The first-order chi connectivity index (χ1) is 13.4. The third kappa shape index (κ3) is 4.89. The zero-order chi connectivity index (χ0) is 20.1. The fourth-order valence-corrected chi connectivity index (χ4v) is 3.19. The van der Waals surface area contributed by atoms with Crippen molar-refractivity contribution in [1.29, 1.82) is 0 Å². The van der Waals surface area contributed by atoms with E-state index >= 15 is 0 Å². The van der Waals surface area contributed by atoms with Crippen LogP contribution in [0.2, 0.25) is 0 Å². The van der Waals surface area contributed by atoms with Gasteiger partial charge in [-0.15, -0.1) is 11.3 Å². The molecule has 0 saturated carbocycles. The van der Waals surface area contributed by atoms with Gasteiger partial charge in [0.2, 0.25) is 5.91 Å². The van der Waals surface area contributed by atoms with E-state index < -0.39 is 4.92 Å². The molecule has 0 atom stereocenters. The standard InChI is InChI=1S/C19H16FN3O4S/c1-12-16(3-2-4-17(12)23(25)26)22-18(24)9-14-11-28-19(21-14)10-27-15-7-5-13(20)6-8-15/h2-8,11H,9-10H2,1H3,(H,22,24). The predicted molar refractivity (Wildman–Crippen MR) is 103 cm³/mol. The van der Waals surface area contributed by atoms with Crippen LogP contribution in [0.1, 0.15) is 16.3 Å². The summed E-state index contributed by atoms with van der Waals surface area (Å²) >= 11 is 1.35. The molecular formula is C19H16FN3O4S. The van der Waals surface area contributed by atoms with Gasteiger partial charge in [0, 0.05) is 11.4 Å². The number of amides is 1. The maximum atomic E-state index is 12.9. The summed E-state index contributed by atoms with van der Waals surface area (Å²) in [5.74, 6) is -0.133. The summed E-state index contributed by atoms with van der Waals surface area (Å²) in [4.78, 5) is 27.1. The van der Waals surface area contributed by atoms with Crippen LogP contribution in [0.3, 0.4) is 0 Å². The van der Waals surface area contributed by atoms with Crippen LogP contribution in [-0.2, 0) is 17.8 Å². The zero-order valence-electron chi connectivity index (χ0n) is 14.8. The van der Waals surface area contributed by atoms with Gasteiger partial charge in [-0.05, 0) is 37.3 Å². The molecule has 9 heteroatoms. The molecule has 0 radical (unpaired) electrons. The molecule has 3 aromatic rings. The first kappa shape index (κ1) is 19.4. The fraction of sp³-hybridized carbons (Fsp3) is 0.158. The number of carbonyl (C=O) groups is 1. The Kier molecular flexibility index (Phi) is 5.95. The molecular weight excluding hydrogens is 385 g/mol. The number of nitro benzene ring substituents is 1. The minimum absolute atomic E-state index is 0.0369. The van der Waals surface area contributed by atoms with E-state index in [1.807, 2.05) is 0 Å². The molecule has 28 heavy (non-hydrogen) atoms. The third-order valence-corrected chi connectivity index (χ3v) is 4.76. The largest absolute Gasteiger partial charge is 0.486 e. The predicted octanol–water partition coefficient (Wildman–Crippen LogP) is 4.26. The number of nitrogens with one attached hydrogen (secondary N) is 1. The number of nitrogens with zero attached hydrogens (tertiary/aromatic N) is 2. The van der Waals surface area contributed by atoms with Gasteiger partial charge in [0.15, 0.2) is 0 Å². The van der Waals surface area contributed by atoms with Crippen molar-refractivity contribution in [2.75, 3.05) is 5.32 Å². The number of benzene rings is 2. The topological polar surface area (TPSA) is 94.4 Å². The van der Waals surface area contributed by atoms with E-state index in [1.54, 1.807) is 18.4 Å². The SMILES string of the molecule is Cc1c(NC(=O)Cc2csc(COc3ccc(F)cc3)n2)cccc1[N+](=O)[O-]. The van der Waals surface area contributed by atoms with Gasteiger partial charge >= 0.3 is 0 Å². The molecule has 0 aliphatic rings. The second-order valence-corrected chi connectivity index (χ2v) is 6.85. The smallest absolute Gasteiger partial charge is 0.274 e. The molecule has 144 valence electrons.